The number of thiophene rings is 1. The van der Waals surface area contributed by atoms with Crippen molar-refractivity contribution in [2.75, 3.05) is 11.9 Å². The molecule has 0 bridgehead atoms. The number of nitrogens with one attached hydrogen (secondary N) is 1. The van der Waals surface area contributed by atoms with E-state index < -0.39 is 12.1 Å². The summed E-state index contributed by atoms with van der Waals surface area (Å²) in [6, 6.07) is 18.0. The average molecular weight is 430 g/mol. The molecule has 1 amide bonds. The van der Waals surface area contributed by atoms with Crippen LogP contribution in [0.5, 0.6) is 0 Å². The summed E-state index contributed by atoms with van der Waals surface area (Å²) in [6.45, 7) is 2.01. The number of ether oxygens (including phenoxy) is 1. The maximum atomic E-state index is 12.7. The van der Waals surface area contributed by atoms with Crippen molar-refractivity contribution in [3.63, 3.8) is 0 Å². The first-order valence-corrected chi connectivity index (χ1v) is 10.6. The number of benzene rings is 2. The Kier molecular flexibility index (Phi) is 4.67. The zero-order valence-electron chi connectivity index (χ0n) is 16.6. The highest BCUT2D eigenvalue weighted by molar-refractivity contribution is 7.21. The third-order valence-electron chi connectivity index (χ3n) is 5.57. The summed E-state index contributed by atoms with van der Waals surface area (Å²) in [5.74, 6) is -1.18. The van der Waals surface area contributed by atoms with Crippen LogP contribution in [0.15, 0.2) is 60.8 Å². The molecule has 4 aromatic rings. The number of carboxylic acids is 1. The lowest BCUT2D eigenvalue weighted by Gasteiger charge is -2.15. The smallest absolute Gasteiger partial charge is 0.411 e. The largest absolute Gasteiger partial charge is 0.477 e. The van der Waals surface area contributed by atoms with E-state index in [9.17, 15) is 14.7 Å². The van der Waals surface area contributed by atoms with Crippen molar-refractivity contribution >= 4 is 39.3 Å². The topological polar surface area (TPSA) is 88.5 Å². The molecule has 154 valence electrons. The van der Waals surface area contributed by atoms with Crippen molar-refractivity contribution in [1.29, 1.82) is 0 Å². The summed E-state index contributed by atoms with van der Waals surface area (Å²) >= 11 is 1.03. The SMILES string of the molecule is Cc1ccnc2sc(C(=O)O)c(NC(=O)OCC3c4ccccc4-c4ccccc43)c12. The Balaban J connectivity index is 1.41. The van der Waals surface area contributed by atoms with Crippen LogP contribution in [0.3, 0.4) is 0 Å². The molecule has 2 aromatic heterocycles. The van der Waals surface area contributed by atoms with E-state index in [2.05, 4.69) is 22.4 Å². The van der Waals surface area contributed by atoms with Gasteiger partial charge in [-0.2, -0.15) is 0 Å². The first-order valence-electron chi connectivity index (χ1n) is 9.78. The number of carboxylic acid groups (broad SMARTS) is 1. The van der Waals surface area contributed by atoms with Crippen LogP contribution < -0.4 is 5.32 Å². The van der Waals surface area contributed by atoms with Crippen molar-refractivity contribution < 1.29 is 19.4 Å². The van der Waals surface area contributed by atoms with Crippen LogP contribution in [0, 0.1) is 6.92 Å². The Morgan fingerprint density at radius 2 is 1.71 bits per heavy atom. The fraction of sp³-hybridized carbons (Fsp3) is 0.125. The van der Waals surface area contributed by atoms with Crippen LogP contribution in [0.2, 0.25) is 0 Å². The van der Waals surface area contributed by atoms with Gasteiger partial charge in [0.15, 0.2) is 0 Å². The van der Waals surface area contributed by atoms with Gasteiger partial charge >= 0.3 is 12.1 Å². The van der Waals surface area contributed by atoms with Crippen molar-refractivity contribution in [2.45, 2.75) is 12.8 Å². The fourth-order valence-electron chi connectivity index (χ4n) is 4.18. The number of hydrogen-bond donors (Lipinski definition) is 2. The quantitative estimate of drug-likeness (QED) is 0.436. The van der Waals surface area contributed by atoms with E-state index in [4.69, 9.17) is 4.74 Å². The number of aromatic carboxylic acids is 1. The molecule has 2 aromatic carbocycles. The minimum absolute atomic E-state index is 0.0327. The predicted molar refractivity (Wildman–Crippen MR) is 120 cm³/mol. The second kappa shape index (κ2) is 7.52. The molecule has 5 rings (SSSR count). The number of carbonyl (C=O) groups is 2. The average Bonchev–Trinajstić information content (AvgIpc) is 3.29. The van der Waals surface area contributed by atoms with Crippen LogP contribution in [0.1, 0.15) is 32.3 Å². The van der Waals surface area contributed by atoms with Crippen LogP contribution in [0.4, 0.5) is 10.5 Å². The van der Waals surface area contributed by atoms with E-state index in [1.165, 1.54) is 0 Å². The Labute approximate surface area is 182 Å². The van der Waals surface area contributed by atoms with E-state index in [1.54, 1.807) is 12.3 Å². The lowest BCUT2D eigenvalue weighted by atomic mass is 9.98. The molecule has 0 aliphatic heterocycles. The number of pyridine rings is 1. The highest BCUT2D eigenvalue weighted by atomic mass is 32.1. The number of hydrogen-bond acceptors (Lipinski definition) is 5. The summed E-state index contributed by atoms with van der Waals surface area (Å²) in [5.41, 5.74) is 5.59. The van der Waals surface area contributed by atoms with Gasteiger partial charge in [0, 0.05) is 17.5 Å². The van der Waals surface area contributed by atoms with E-state index in [1.807, 2.05) is 43.3 Å². The standard InChI is InChI=1S/C24H18N2O4S/c1-13-10-11-25-22-19(13)20(21(31-22)23(27)28)26-24(29)30-12-18-16-8-4-2-6-14(16)15-7-3-5-9-17(15)18/h2-11,18H,12H2,1H3,(H,26,29)(H,27,28). The molecule has 1 aliphatic rings. The molecule has 0 radical (unpaired) electrons. The second-order valence-corrected chi connectivity index (χ2v) is 8.37. The summed E-state index contributed by atoms with van der Waals surface area (Å²) in [4.78, 5) is 29.2. The molecule has 0 saturated carbocycles. The van der Waals surface area contributed by atoms with Gasteiger partial charge in [-0.25, -0.2) is 14.6 Å². The lowest BCUT2D eigenvalue weighted by molar-refractivity contribution is 0.0703. The van der Waals surface area contributed by atoms with Gasteiger partial charge in [0.25, 0.3) is 0 Å². The number of aryl methyl sites for hydroxylation is 1. The molecule has 0 atom stereocenters. The summed E-state index contributed by atoms with van der Waals surface area (Å²) in [6.07, 6.45) is 0.934. The molecule has 2 N–H and O–H groups in total. The molecular weight excluding hydrogens is 412 g/mol. The number of anilines is 1. The molecule has 0 fully saturated rings. The fourth-order valence-corrected chi connectivity index (χ4v) is 5.20. The Hall–Kier alpha value is -3.71. The third kappa shape index (κ3) is 3.23. The van der Waals surface area contributed by atoms with Gasteiger partial charge in [-0.15, -0.1) is 11.3 Å². The van der Waals surface area contributed by atoms with Crippen LogP contribution in [-0.2, 0) is 4.74 Å². The first kappa shape index (κ1) is 19.3. The molecule has 31 heavy (non-hydrogen) atoms. The molecule has 2 heterocycles. The van der Waals surface area contributed by atoms with Gasteiger partial charge in [-0.05, 0) is 40.8 Å². The third-order valence-corrected chi connectivity index (χ3v) is 6.65. The maximum Gasteiger partial charge on any atom is 0.411 e. The minimum atomic E-state index is -1.11. The van der Waals surface area contributed by atoms with Gasteiger partial charge < -0.3 is 9.84 Å². The number of amides is 1. The van der Waals surface area contributed by atoms with Crippen LogP contribution in [-0.4, -0.2) is 28.8 Å². The van der Waals surface area contributed by atoms with Crippen molar-refractivity contribution in [2.24, 2.45) is 0 Å². The van der Waals surface area contributed by atoms with Crippen LogP contribution in [0.25, 0.3) is 21.3 Å². The zero-order chi connectivity index (χ0) is 21.5. The van der Waals surface area contributed by atoms with Gasteiger partial charge in [0.2, 0.25) is 0 Å². The normalized spacial score (nSPS) is 12.4. The van der Waals surface area contributed by atoms with E-state index in [-0.39, 0.29) is 23.1 Å². The van der Waals surface area contributed by atoms with Crippen molar-refractivity contribution in [1.82, 2.24) is 4.98 Å². The minimum Gasteiger partial charge on any atom is -0.477 e. The molecule has 7 heteroatoms. The monoisotopic (exact) mass is 430 g/mol. The summed E-state index contributed by atoms with van der Waals surface area (Å²) < 4.78 is 5.58. The number of fused-ring (bicyclic) bond motifs is 4. The number of nitrogens with zero attached hydrogens (tertiary/aromatic N) is 1. The number of carbonyl (C=O) groups excluding carboxylic acids is 1. The number of aromatic nitrogens is 1. The van der Waals surface area contributed by atoms with Crippen molar-refractivity contribution in [3.8, 4) is 11.1 Å². The summed E-state index contributed by atoms with van der Waals surface area (Å²) in [5, 5.41) is 12.9. The van der Waals surface area contributed by atoms with Crippen LogP contribution >= 0.6 is 11.3 Å². The molecule has 0 spiro atoms. The Morgan fingerprint density at radius 3 is 2.35 bits per heavy atom. The molecule has 1 aliphatic carbocycles. The second-order valence-electron chi connectivity index (χ2n) is 7.37. The maximum absolute atomic E-state index is 12.7. The lowest BCUT2D eigenvalue weighted by Crippen LogP contribution is -2.19. The van der Waals surface area contributed by atoms with Gasteiger partial charge in [-0.3, -0.25) is 5.32 Å². The number of rotatable bonds is 4. The van der Waals surface area contributed by atoms with Gasteiger partial charge in [0.1, 0.15) is 16.3 Å². The molecule has 6 nitrogen and oxygen atoms in total. The highest BCUT2D eigenvalue weighted by Gasteiger charge is 2.29. The highest BCUT2D eigenvalue weighted by Crippen LogP contribution is 2.44. The first-order chi connectivity index (χ1) is 15.0. The Morgan fingerprint density at radius 1 is 1.06 bits per heavy atom. The molecule has 0 saturated heterocycles. The van der Waals surface area contributed by atoms with Gasteiger partial charge in [-0.1, -0.05) is 48.5 Å². The predicted octanol–water partition coefficient (Wildman–Crippen LogP) is 5.66. The zero-order valence-corrected chi connectivity index (χ0v) is 17.4. The van der Waals surface area contributed by atoms with E-state index >= 15 is 0 Å². The van der Waals surface area contributed by atoms with E-state index in [0.29, 0.717) is 10.2 Å². The van der Waals surface area contributed by atoms with Crippen molar-refractivity contribution in [3.05, 3.63) is 82.4 Å². The Bertz CT molecular complexity index is 1300. The summed E-state index contributed by atoms with van der Waals surface area (Å²) in [7, 11) is 0. The molecular formula is C24H18N2O4S. The molecule has 0 unspecified atom stereocenters. The van der Waals surface area contributed by atoms with E-state index in [0.717, 1.165) is 39.2 Å². The van der Waals surface area contributed by atoms with Gasteiger partial charge in [0.05, 0.1) is 5.69 Å².